The summed E-state index contributed by atoms with van der Waals surface area (Å²) < 4.78 is 12.6. The third kappa shape index (κ3) is 13.8. The topological polar surface area (TPSA) is 41.6 Å². The van der Waals surface area contributed by atoms with Gasteiger partial charge in [-0.25, -0.2) is 0 Å². The number of anilines is 5. The lowest BCUT2D eigenvalue weighted by molar-refractivity contribution is 0.669. The molecule has 0 spiro atoms. The number of para-hydroxylation sites is 4. The Bertz CT molecular complexity index is 6580. The summed E-state index contributed by atoms with van der Waals surface area (Å²) in [6, 6.07) is 149. The molecule has 20 aromatic rings. The summed E-state index contributed by atoms with van der Waals surface area (Å²) in [7, 11) is 0. The molecule has 20 rings (SSSR count). The molecule has 0 saturated heterocycles. The third-order valence-electron chi connectivity index (χ3n) is 20.5. The molecular weight excluding hydrogens is 1340 g/mol. The molecule has 0 saturated carbocycles. The molecule has 109 heavy (non-hydrogen) atoms. The van der Waals surface area contributed by atoms with Gasteiger partial charge in [0.15, 0.2) is 0 Å². The summed E-state index contributed by atoms with van der Waals surface area (Å²) in [5.74, 6) is 0. The summed E-state index contributed by atoms with van der Waals surface area (Å²) in [4.78, 5) is 2.37. The Morgan fingerprint density at radius 2 is 0.560 bits per heavy atom. The Hall–Kier alpha value is -14.0. The maximum absolute atomic E-state index is 6.40. The van der Waals surface area contributed by atoms with Crippen LogP contribution in [0.4, 0.5) is 28.4 Å². The zero-order valence-corrected chi connectivity index (χ0v) is 60.3. The quantitative estimate of drug-likeness (QED) is 0.125. The van der Waals surface area contributed by atoms with Gasteiger partial charge < -0.3 is 19.1 Å². The van der Waals surface area contributed by atoms with E-state index in [1.54, 1.807) is 0 Å². The molecule has 516 valence electrons. The molecule has 0 amide bonds. The second kappa shape index (κ2) is 30.2. The van der Waals surface area contributed by atoms with Crippen LogP contribution in [0.2, 0.25) is 5.02 Å². The fourth-order valence-corrected chi connectivity index (χ4v) is 15.3. The maximum atomic E-state index is 6.40. The van der Waals surface area contributed by atoms with Crippen LogP contribution in [-0.2, 0) is 0 Å². The normalized spacial score (nSPS) is 11.2. The second-order valence-corrected chi connectivity index (χ2v) is 27.6. The molecule has 18 aromatic carbocycles. The van der Waals surface area contributed by atoms with E-state index in [2.05, 4.69) is 392 Å². The summed E-state index contributed by atoms with van der Waals surface area (Å²) in [5, 5.41) is 13.8. The van der Waals surface area contributed by atoms with E-state index in [1.165, 1.54) is 88.3 Å². The van der Waals surface area contributed by atoms with Crippen molar-refractivity contribution in [2.45, 2.75) is 0 Å². The van der Waals surface area contributed by atoms with Gasteiger partial charge in [0.1, 0.15) is 22.3 Å². The van der Waals surface area contributed by atoms with Gasteiger partial charge in [-0.15, -0.1) is 0 Å². The Morgan fingerprint density at radius 3 is 1.05 bits per heavy atom. The van der Waals surface area contributed by atoms with Crippen LogP contribution in [0, 0.1) is 0 Å². The monoisotopic (exact) mass is 1410 g/mol. The first-order valence-corrected chi connectivity index (χ1v) is 37.2. The first kappa shape index (κ1) is 66.9. The van der Waals surface area contributed by atoms with E-state index < -0.39 is 0 Å². The van der Waals surface area contributed by atoms with Gasteiger partial charge in [-0.05, 0) is 174 Å². The molecule has 0 aliphatic carbocycles. The first-order chi connectivity index (χ1) is 54.0. The molecule has 5 heteroatoms. The van der Waals surface area contributed by atoms with Crippen molar-refractivity contribution in [1.29, 1.82) is 0 Å². The first-order valence-electron chi connectivity index (χ1n) is 36.9. The number of halogens is 1. The standard InChI is InChI=1S/C52H35NO.C28H19NO.C24H17Cl/c1-3-13-37(14-4-1)44-34-29-41(35-49(44)39-15-5-2-6-16-39)36-25-30-42(31-26-36)53(50-23-11-18-38-17-7-8-19-45(38)50)43-32-27-40(28-33-43)46-21-12-22-48-47-20-9-10-24-51(47)54-52(46)48;1-2-9-22-19(7-1)8-5-13-26(22)29-21-17-15-20(16-18-21)23-11-6-12-25-24-10-3-4-14-27(24)30-28(23)25;25-22-14-11-18(12-15-22)21-13-16-23(19-7-3-1-4-8-19)24(17-21)20-9-5-2-6-10-20/h1-35H;1-18,29H;1-17H. The third-order valence-corrected chi connectivity index (χ3v) is 20.8. The van der Waals surface area contributed by atoms with Crippen molar-refractivity contribution in [3.8, 4) is 89.0 Å². The molecule has 0 fully saturated rings. The van der Waals surface area contributed by atoms with Crippen LogP contribution in [-0.4, -0.2) is 0 Å². The molecule has 0 unspecified atom stereocenters. The molecule has 0 radical (unpaired) electrons. The highest BCUT2D eigenvalue weighted by atomic mass is 35.5. The lowest BCUT2D eigenvalue weighted by Gasteiger charge is -2.27. The van der Waals surface area contributed by atoms with Crippen molar-refractivity contribution in [3.63, 3.8) is 0 Å². The lowest BCUT2D eigenvalue weighted by Crippen LogP contribution is -2.10. The van der Waals surface area contributed by atoms with Crippen LogP contribution in [0.3, 0.4) is 0 Å². The Morgan fingerprint density at radius 1 is 0.220 bits per heavy atom. The van der Waals surface area contributed by atoms with Crippen LogP contribution < -0.4 is 10.2 Å². The zero-order chi connectivity index (χ0) is 72.8. The molecule has 0 aliphatic rings. The molecule has 2 aromatic heterocycles. The molecule has 0 bridgehead atoms. The molecule has 2 heterocycles. The SMILES string of the molecule is Clc1ccc(-c2ccc(-c3ccccc3)c(-c3ccccc3)c2)cc1.c1ccc(-c2ccc(-c3ccc(N(c4ccc(-c5cccc6c5oc5ccccc56)cc4)c4cccc5ccccc45)cc3)cc2-c2ccccc2)cc1.c1ccc2c(Nc3ccc(-c4cccc5c4oc4ccccc45)cc3)cccc2c1. The maximum Gasteiger partial charge on any atom is 0.143 e. The fourth-order valence-electron chi connectivity index (χ4n) is 15.1. The number of fused-ring (bicyclic) bond motifs is 8. The van der Waals surface area contributed by atoms with Crippen LogP contribution in [0.25, 0.3) is 154 Å². The van der Waals surface area contributed by atoms with E-state index in [-0.39, 0.29) is 0 Å². The minimum Gasteiger partial charge on any atom is -0.455 e. The van der Waals surface area contributed by atoms with Crippen molar-refractivity contribution in [2.75, 3.05) is 10.2 Å². The van der Waals surface area contributed by atoms with Crippen molar-refractivity contribution in [3.05, 3.63) is 430 Å². The minimum atomic E-state index is 0.757. The Balaban J connectivity index is 0.000000127. The molecule has 0 aliphatic heterocycles. The molecule has 4 nitrogen and oxygen atoms in total. The van der Waals surface area contributed by atoms with E-state index in [9.17, 15) is 0 Å². The highest BCUT2D eigenvalue weighted by Gasteiger charge is 2.20. The summed E-state index contributed by atoms with van der Waals surface area (Å²) in [6.07, 6.45) is 0. The molecule has 1 N–H and O–H groups in total. The van der Waals surface area contributed by atoms with Gasteiger partial charge in [0, 0.05) is 71.2 Å². The van der Waals surface area contributed by atoms with Crippen molar-refractivity contribution in [2.24, 2.45) is 0 Å². The van der Waals surface area contributed by atoms with Gasteiger partial charge >= 0.3 is 0 Å². The number of furan rings is 2. The van der Waals surface area contributed by atoms with Gasteiger partial charge in [0.25, 0.3) is 0 Å². The Labute approximate surface area is 638 Å². The van der Waals surface area contributed by atoms with Gasteiger partial charge in [-0.2, -0.15) is 0 Å². The van der Waals surface area contributed by atoms with E-state index in [4.69, 9.17) is 20.4 Å². The van der Waals surface area contributed by atoms with Crippen LogP contribution in [0.15, 0.2) is 433 Å². The predicted molar refractivity (Wildman–Crippen MR) is 462 cm³/mol. The van der Waals surface area contributed by atoms with Crippen molar-refractivity contribution >= 4 is 105 Å². The van der Waals surface area contributed by atoms with Gasteiger partial charge in [-0.3, -0.25) is 0 Å². The lowest BCUT2D eigenvalue weighted by atomic mass is 9.91. The number of hydrogen-bond acceptors (Lipinski definition) is 4. The summed E-state index contributed by atoms with van der Waals surface area (Å²) in [5.41, 5.74) is 28.1. The van der Waals surface area contributed by atoms with E-state index in [1.807, 2.05) is 42.5 Å². The molecular formula is C104H71ClN2O2. The number of benzene rings is 18. The van der Waals surface area contributed by atoms with Gasteiger partial charge in [0.2, 0.25) is 0 Å². The minimum absolute atomic E-state index is 0.757. The highest BCUT2D eigenvalue weighted by molar-refractivity contribution is 6.30. The predicted octanol–water partition coefficient (Wildman–Crippen LogP) is 30.4. The summed E-state index contributed by atoms with van der Waals surface area (Å²) >= 11 is 6.03. The van der Waals surface area contributed by atoms with E-state index in [0.717, 1.165) is 99.6 Å². The van der Waals surface area contributed by atoms with Gasteiger partial charge in [0.05, 0.1) is 5.69 Å². The average Bonchev–Trinajstić information content (AvgIpc) is 1.31. The van der Waals surface area contributed by atoms with E-state index in [0.29, 0.717) is 0 Å². The average molecular weight is 1420 g/mol. The van der Waals surface area contributed by atoms with E-state index >= 15 is 0 Å². The Kier molecular flexibility index (Phi) is 18.5. The number of nitrogens with one attached hydrogen (secondary N) is 1. The van der Waals surface area contributed by atoms with Crippen LogP contribution in [0.1, 0.15) is 0 Å². The van der Waals surface area contributed by atoms with Crippen molar-refractivity contribution < 1.29 is 8.83 Å². The zero-order valence-electron chi connectivity index (χ0n) is 59.6. The number of nitrogens with zero attached hydrogens (tertiary/aromatic N) is 1. The van der Waals surface area contributed by atoms with Gasteiger partial charge in [-0.1, -0.05) is 351 Å². The molecule has 0 atom stereocenters. The smallest absolute Gasteiger partial charge is 0.143 e. The largest absolute Gasteiger partial charge is 0.455 e. The van der Waals surface area contributed by atoms with Crippen LogP contribution in [0.5, 0.6) is 0 Å². The van der Waals surface area contributed by atoms with Crippen molar-refractivity contribution in [1.82, 2.24) is 0 Å². The number of hydrogen-bond donors (Lipinski definition) is 1. The van der Waals surface area contributed by atoms with Crippen LogP contribution >= 0.6 is 11.6 Å². The highest BCUT2D eigenvalue weighted by Crippen LogP contribution is 2.45. The fraction of sp³-hybridized carbons (Fsp3) is 0. The number of rotatable bonds is 13. The second-order valence-electron chi connectivity index (χ2n) is 27.2. The summed E-state index contributed by atoms with van der Waals surface area (Å²) in [6.45, 7) is 0.